The Morgan fingerprint density at radius 1 is 1.07 bits per heavy atom. The summed E-state index contributed by atoms with van der Waals surface area (Å²) in [6.07, 6.45) is 1.62. The maximum absolute atomic E-state index is 13.5. The number of carbonyl (C=O) groups is 2. The molecule has 2 amide bonds. The Bertz CT molecular complexity index is 1460. The Morgan fingerprint density at radius 3 is 2.40 bits per heavy atom. The third-order valence-electron chi connectivity index (χ3n) is 8.57. The standard InChI is InChI=1S/C32H40Cl2N6O3/c1-20-15-37(30(42)26-12-13-39(31(26)43)28-14-24(33)10-11-27(28)34)16-21(2)40(20)18-25-17-38(36-35-25)19-29(41)22-6-8-23(9-7-22)32(3,4)5/h6-11,14,17,20-21,26,29,41H,12-13,15-16,18-19H2,1-5H3/t20-,21+,26?,29?. The summed E-state index contributed by atoms with van der Waals surface area (Å²) >= 11 is 12.5. The number of halogens is 2. The first-order valence-electron chi connectivity index (χ1n) is 14.8. The SMILES string of the molecule is C[C@@H]1CN(C(=O)C2CCN(c3cc(Cl)ccc3Cl)C2=O)C[C@H](C)N1Cc1cn(CC(O)c2ccc(C(C)(C)C)cc2)nn1. The predicted molar refractivity (Wildman–Crippen MR) is 168 cm³/mol. The number of benzene rings is 2. The summed E-state index contributed by atoms with van der Waals surface area (Å²) < 4.78 is 1.68. The van der Waals surface area contributed by atoms with E-state index >= 15 is 0 Å². The molecule has 2 fully saturated rings. The average Bonchev–Trinajstić information content (AvgIpc) is 3.56. The molecule has 2 saturated heterocycles. The van der Waals surface area contributed by atoms with E-state index < -0.39 is 12.0 Å². The van der Waals surface area contributed by atoms with Crippen LogP contribution in [0.2, 0.25) is 10.0 Å². The minimum Gasteiger partial charge on any atom is -0.386 e. The van der Waals surface area contributed by atoms with Gasteiger partial charge in [-0.05, 0) is 55.0 Å². The molecule has 0 saturated carbocycles. The minimum absolute atomic E-state index is 0.0544. The molecule has 4 atom stereocenters. The highest BCUT2D eigenvalue weighted by atomic mass is 35.5. The van der Waals surface area contributed by atoms with Crippen molar-refractivity contribution in [3.05, 3.63) is 75.5 Å². The lowest BCUT2D eigenvalue weighted by molar-refractivity contribution is -0.143. The van der Waals surface area contributed by atoms with Crippen molar-refractivity contribution in [1.82, 2.24) is 24.8 Å². The van der Waals surface area contributed by atoms with Crippen LogP contribution in [0.25, 0.3) is 0 Å². The summed E-state index contributed by atoms with van der Waals surface area (Å²) in [4.78, 5) is 32.5. The number of hydrogen-bond acceptors (Lipinski definition) is 6. The maximum atomic E-state index is 13.5. The highest BCUT2D eigenvalue weighted by Gasteiger charge is 2.42. The monoisotopic (exact) mass is 626 g/mol. The molecule has 9 nitrogen and oxygen atoms in total. The fraction of sp³-hybridized carbons (Fsp3) is 0.500. The number of aromatic nitrogens is 3. The molecule has 0 radical (unpaired) electrons. The van der Waals surface area contributed by atoms with E-state index in [0.29, 0.717) is 54.9 Å². The van der Waals surface area contributed by atoms with Crippen LogP contribution in [0, 0.1) is 5.92 Å². The van der Waals surface area contributed by atoms with E-state index in [9.17, 15) is 14.7 Å². The van der Waals surface area contributed by atoms with Gasteiger partial charge in [-0.15, -0.1) is 5.10 Å². The third kappa shape index (κ3) is 6.90. The van der Waals surface area contributed by atoms with Crippen LogP contribution in [-0.4, -0.2) is 73.4 Å². The van der Waals surface area contributed by atoms with Gasteiger partial charge in [-0.3, -0.25) is 14.5 Å². The first-order chi connectivity index (χ1) is 20.3. The minimum atomic E-state index is -0.725. The molecule has 5 rings (SSSR count). The number of carbonyl (C=O) groups excluding carboxylic acids is 2. The molecule has 1 N–H and O–H groups in total. The number of hydrogen-bond donors (Lipinski definition) is 1. The molecule has 2 aliphatic rings. The number of amides is 2. The van der Waals surface area contributed by atoms with Gasteiger partial charge in [0.1, 0.15) is 5.92 Å². The Balaban J connectivity index is 1.17. The summed E-state index contributed by atoms with van der Waals surface area (Å²) in [5.74, 6) is -1.10. The molecule has 2 unspecified atom stereocenters. The van der Waals surface area contributed by atoms with E-state index in [2.05, 4.69) is 62.0 Å². The van der Waals surface area contributed by atoms with E-state index in [1.54, 1.807) is 27.8 Å². The largest absolute Gasteiger partial charge is 0.386 e. The predicted octanol–water partition coefficient (Wildman–Crippen LogP) is 5.09. The highest BCUT2D eigenvalue weighted by Crippen LogP contribution is 2.34. The smallest absolute Gasteiger partial charge is 0.239 e. The topological polar surface area (TPSA) is 94.8 Å². The lowest BCUT2D eigenvalue weighted by Gasteiger charge is -2.44. The van der Waals surface area contributed by atoms with Crippen LogP contribution in [0.15, 0.2) is 48.7 Å². The molecule has 0 aliphatic carbocycles. The van der Waals surface area contributed by atoms with E-state index in [0.717, 1.165) is 11.3 Å². The number of aliphatic hydroxyl groups is 1. The van der Waals surface area contributed by atoms with Crippen LogP contribution < -0.4 is 4.90 Å². The zero-order valence-corrected chi connectivity index (χ0v) is 26.9. The Labute approximate surface area is 263 Å². The molecule has 230 valence electrons. The lowest BCUT2D eigenvalue weighted by Crippen LogP contribution is -2.58. The molecule has 0 spiro atoms. The molecule has 2 aliphatic heterocycles. The van der Waals surface area contributed by atoms with Gasteiger partial charge < -0.3 is 14.9 Å². The Morgan fingerprint density at radius 2 is 1.74 bits per heavy atom. The highest BCUT2D eigenvalue weighted by molar-refractivity contribution is 6.36. The average molecular weight is 628 g/mol. The van der Waals surface area contributed by atoms with Crippen molar-refractivity contribution in [1.29, 1.82) is 0 Å². The second-order valence-electron chi connectivity index (χ2n) is 12.9. The molecule has 2 aromatic carbocycles. The molecule has 3 heterocycles. The number of anilines is 1. The van der Waals surface area contributed by atoms with Gasteiger partial charge in [0.05, 0.1) is 29.1 Å². The van der Waals surface area contributed by atoms with Crippen molar-refractivity contribution in [2.24, 2.45) is 5.92 Å². The molecule has 43 heavy (non-hydrogen) atoms. The first-order valence-corrected chi connectivity index (χ1v) is 15.6. The van der Waals surface area contributed by atoms with Crippen molar-refractivity contribution in [3.63, 3.8) is 0 Å². The molecule has 0 bridgehead atoms. The van der Waals surface area contributed by atoms with Gasteiger partial charge in [-0.2, -0.15) is 0 Å². The van der Waals surface area contributed by atoms with E-state index in [-0.39, 0.29) is 29.3 Å². The van der Waals surface area contributed by atoms with Gasteiger partial charge in [0.25, 0.3) is 0 Å². The van der Waals surface area contributed by atoms with Gasteiger partial charge in [-0.25, -0.2) is 4.68 Å². The summed E-state index contributed by atoms with van der Waals surface area (Å²) in [5, 5.41) is 20.3. The van der Waals surface area contributed by atoms with Crippen LogP contribution in [0.3, 0.4) is 0 Å². The zero-order valence-electron chi connectivity index (χ0n) is 25.4. The van der Waals surface area contributed by atoms with Gasteiger partial charge in [0, 0.05) is 49.5 Å². The van der Waals surface area contributed by atoms with Crippen molar-refractivity contribution in [2.45, 2.75) is 77.7 Å². The molecule has 11 heteroatoms. The van der Waals surface area contributed by atoms with Crippen molar-refractivity contribution in [3.8, 4) is 0 Å². The van der Waals surface area contributed by atoms with Gasteiger partial charge >= 0.3 is 0 Å². The molecular weight excluding hydrogens is 587 g/mol. The van der Waals surface area contributed by atoms with Crippen LogP contribution in [-0.2, 0) is 28.1 Å². The molecular formula is C32H40Cl2N6O3. The van der Waals surface area contributed by atoms with Gasteiger partial charge in [0.15, 0.2) is 0 Å². The fourth-order valence-corrected chi connectivity index (χ4v) is 6.47. The summed E-state index contributed by atoms with van der Waals surface area (Å²) in [6.45, 7) is 13.0. The van der Waals surface area contributed by atoms with E-state index in [4.69, 9.17) is 23.2 Å². The Hall–Kier alpha value is -2.98. The van der Waals surface area contributed by atoms with Gasteiger partial charge in [0.2, 0.25) is 11.8 Å². The van der Waals surface area contributed by atoms with Crippen molar-refractivity contribution < 1.29 is 14.7 Å². The number of nitrogens with zero attached hydrogens (tertiary/aromatic N) is 6. The summed E-state index contributed by atoms with van der Waals surface area (Å²) in [5.41, 5.74) is 3.45. The number of piperazine rings is 1. The molecule has 3 aromatic rings. The van der Waals surface area contributed by atoms with Crippen molar-refractivity contribution >= 4 is 40.7 Å². The van der Waals surface area contributed by atoms with Gasteiger partial charge in [-0.1, -0.05) is 73.5 Å². The van der Waals surface area contributed by atoms with E-state index in [1.165, 1.54) is 5.56 Å². The summed E-state index contributed by atoms with van der Waals surface area (Å²) in [7, 11) is 0. The van der Waals surface area contributed by atoms with Crippen LogP contribution in [0.5, 0.6) is 0 Å². The van der Waals surface area contributed by atoms with Crippen molar-refractivity contribution in [2.75, 3.05) is 24.5 Å². The quantitative estimate of drug-likeness (QED) is 0.367. The van der Waals surface area contributed by atoms with Crippen LogP contribution >= 0.6 is 23.2 Å². The third-order valence-corrected chi connectivity index (χ3v) is 9.12. The fourth-order valence-electron chi connectivity index (χ4n) is 6.08. The number of rotatable bonds is 7. The lowest BCUT2D eigenvalue weighted by atomic mass is 9.86. The van der Waals surface area contributed by atoms with E-state index in [1.807, 2.05) is 23.2 Å². The molecule has 1 aromatic heterocycles. The first kappa shape index (κ1) is 31.4. The maximum Gasteiger partial charge on any atom is 0.239 e. The normalized spacial score (nSPS) is 22.3. The van der Waals surface area contributed by atoms with Crippen LogP contribution in [0.4, 0.5) is 5.69 Å². The Kier molecular flexibility index (Phi) is 9.18. The van der Waals surface area contributed by atoms with Crippen LogP contribution in [0.1, 0.15) is 64.0 Å². The second-order valence-corrected chi connectivity index (χ2v) is 13.7. The number of aliphatic hydroxyl groups excluding tert-OH is 1. The summed E-state index contributed by atoms with van der Waals surface area (Å²) in [6, 6.07) is 13.2. The second kappa shape index (κ2) is 12.6. The zero-order chi connectivity index (χ0) is 31.1.